The van der Waals surface area contributed by atoms with Gasteiger partial charge in [-0.3, -0.25) is 18.7 Å². The maximum absolute atomic E-state index is 12.0. The average molecular weight is 305 g/mol. The lowest BCUT2D eigenvalue weighted by atomic mass is 10.2. The van der Waals surface area contributed by atoms with Gasteiger partial charge in [0.1, 0.15) is 11.9 Å². The average Bonchev–Trinajstić information content (AvgIpc) is 2.98. The molecule has 0 aromatic carbocycles. The molecule has 0 saturated carbocycles. The Morgan fingerprint density at radius 1 is 1.36 bits per heavy atom. The van der Waals surface area contributed by atoms with Gasteiger partial charge < -0.3 is 10.2 Å². The summed E-state index contributed by atoms with van der Waals surface area (Å²) < 4.78 is 2.16. The quantitative estimate of drug-likeness (QED) is 0.802. The lowest BCUT2D eigenvalue weighted by Crippen LogP contribution is -2.41. The summed E-state index contributed by atoms with van der Waals surface area (Å²) in [6.45, 7) is 2.94. The molecule has 0 bridgehead atoms. The number of nitriles is 1. The van der Waals surface area contributed by atoms with Crippen LogP contribution in [0.25, 0.3) is 0 Å². The SMILES string of the molecule is CCC(=O)N1CCC(Nc2c(C#N)c(=O)n(C)c(=O)n2C)C1. The number of hydrogen-bond donors (Lipinski definition) is 1. The molecule has 1 aliphatic rings. The Balaban J connectivity index is 2.32. The maximum atomic E-state index is 12.0. The fourth-order valence-corrected chi connectivity index (χ4v) is 2.64. The number of likely N-dealkylation sites (tertiary alicyclic amines) is 1. The summed E-state index contributed by atoms with van der Waals surface area (Å²) in [5.41, 5.74) is -1.21. The minimum atomic E-state index is -0.618. The van der Waals surface area contributed by atoms with Gasteiger partial charge in [0.2, 0.25) is 5.91 Å². The van der Waals surface area contributed by atoms with Crippen LogP contribution in [0.2, 0.25) is 0 Å². The molecule has 1 fully saturated rings. The van der Waals surface area contributed by atoms with E-state index in [1.165, 1.54) is 18.7 Å². The van der Waals surface area contributed by atoms with Crippen molar-refractivity contribution in [2.24, 2.45) is 14.1 Å². The number of carbonyl (C=O) groups excluding carboxylic acids is 1. The van der Waals surface area contributed by atoms with Crippen LogP contribution in [0.1, 0.15) is 25.3 Å². The predicted molar refractivity (Wildman–Crippen MR) is 80.5 cm³/mol. The zero-order valence-electron chi connectivity index (χ0n) is 12.9. The van der Waals surface area contributed by atoms with E-state index in [9.17, 15) is 19.6 Å². The third-order valence-corrected chi connectivity index (χ3v) is 3.96. The molecule has 8 nitrogen and oxygen atoms in total. The third-order valence-electron chi connectivity index (χ3n) is 3.96. The van der Waals surface area contributed by atoms with Crippen LogP contribution in [-0.4, -0.2) is 39.1 Å². The third kappa shape index (κ3) is 2.62. The van der Waals surface area contributed by atoms with Crippen LogP contribution >= 0.6 is 0 Å². The molecule has 2 heterocycles. The minimum absolute atomic E-state index is 0.0719. The van der Waals surface area contributed by atoms with E-state index in [0.717, 1.165) is 4.57 Å². The van der Waals surface area contributed by atoms with Crippen LogP contribution < -0.4 is 16.6 Å². The van der Waals surface area contributed by atoms with Crippen LogP contribution in [0, 0.1) is 11.3 Å². The van der Waals surface area contributed by atoms with Crippen LogP contribution in [0.5, 0.6) is 0 Å². The van der Waals surface area contributed by atoms with Crippen LogP contribution in [-0.2, 0) is 18.9 Å². The molecule has 1 aliphatic heterocycles. The van der Waals surface area contributed by atoms with Crippen molar-refractivity contribution in [2.75, 3.05) is 18.4 Å². The molecule has 1 atom stereocenters. The van der Waals surface area contributed by atoms with Crippen molar-refractivity contribution in [1.29, 1.82) is 5.26 Å². The van der Waals surface area contributed by atoms with E-state index in [0.29, 0.717) is 25.9 Å². The second-order valence-electron chi connectivity index (χ2n) is 5.36. The van der Waals surface area contributed by atoms with Gasteiger partial charge in [-0.15, -0.1) is 0 Å². The Kier molecular flexibility index (Phi) is 4.35. The topological polar surface area (TPSA) is 100 Å². The van der Waals surface area contributed by atoms with Gasteiger partial charge in [-0.05, 0) is 6.42 Å². The van der Waals surface area contributed by atoms with E-state index in [1.807, 2.05) is 13.0 Å². The van der Waals surface area contributed by atoms with E-state index >= 15 is 0 Å². The fraction of sp³-hybridized carbons (Fsp3) is 0.571. The van der Waals surface area contributed by atoms with Crippen molar-refractivity contribution in [3.63, 3.8) is 0 Å². The number of hydrogen-bond acceptors (Lipinski definition) is 5. The second-order valence-corrected chi connectivity index (χ2v) is 5.36. The number of rotatable bonds is 3. The minimum Gasteiger partial charge on any atom is -0.366 e. The number of anilines is 1. The number of carbonyl (C=O) groups is 1. The van der Waals surface area contributed by atoms with E-state index in [4.69, 9.17) is 0 Å². The van der Waals surface area contributed by atoms with Gasteiger partial charge in [-0.2, -0.15) is 5.26 Å². The van der Waals surface area contributed by atoms with E-state index in [-0.39, 0.29) is 23.3 Å². The van der Waals surface area contributed by atoms with Crippen LogP contribution in [0.3, 0.4) is 0 Å². The molecule has 1 N–H and O–H groups in total. The summed E-state index contributed by atoms with van der Waals surface area (Å²) in [7, 11) is 2.85. The Labute approximate surface area is 127 Å². The number of aromatic nitrogens is 2. The van der Waals surface area contributed by atoms with Crippen molar-refractivity contribution < 1.29 is 4.79 Å². The standard InChI is InChI=1S/C14H19N5O3/c1-4-11(20)19-6-5-9(8-19)16-12-10(7-15)13(21)18(3)14(22)17(12)2/h9,16H,4-6,8H2,1-3H3. The monoisotopic (exact) mass is 305 g/mol. The number of nitrogens with one attached hydrogen (secondary N) is 1. The Bertz CT molecular complexity index is 755. The van der Waals surface area contributed by atoms with Crippen molar-refractivity contribution in [1.82, 2.24) is 14.0 Å². The van der Waals surface area contributed by atoms with E-state index in [1.54, 1.807) is 4.90 Å². The Hall–Kier alpha value is -2.56. The summed E-state index contributed by atoms with van der Waals surface area (Å²) >= 11 is 0. The lowest BCUT2D eigenvalue weighted by molar-refractivity contribution is -0.129. The first-order valence-electron chi connectivity index (χ1n) is 7.15. The maximum Gasteiger partial charge on any atom is 0.332 e. The molecule has 118 valence electrons. The number of nitrogens with zero attached hydrogens (tertiary/aromatic N) is 4. The van der Waals surface area contributed by atoms with E-state index in [2.05, 4.69) is 5.32 Å². The van der Waals surface area contributed by atoms with Crippen LogP contribution in [0.4, 0.5) is 5.82 Å². The van der Waals surface area contributed by atoms with Crippen molar-refractivity contribution in [2.45, 2.75) is 25.8 Å². The molecule has 8 heteroatoms. The molecule has 2 rings (SSSR count). The van der Waals surface area contributed by atoms with Gasteiger partial charge in [0.15, 0.2) is 5.56 Å². The molecular weight excluding hydrogens is 286 g/mol. The molecule has 1 aromatic rings. The van der Waals surface area contributed by atoms with Crippen molar-refractivity contribution >= 4 is 11.7 Å². The van der Waals surface area contributed by atoms with Crippen molar-refractivity contribution in [3.05, 3.63) is 26.4 Å². The first kappa shape index (κ1) is 15.8. The summed E-state index contributed by atoms with van der Waals surface area (Å²) in [4.78, 5) is 37.4. The second kappa shape index (κ2) is 6.05. The van der Waals surface area contributed by atoms with Crippen LogP contribution in [0.15, 0.2) is 9.59 Å². The van der Waals surface area contributed by atoms with Gasteiger partial charge in [0.25, 0.3) is 5.56 Å². The first-order chi connectivity index (χ1) is 10.4. The largest absolute Gasteiger partial charge is 0.366 e. The molecule has 1 aromatic heterocycles. The predicted octanol–water partition coefficient (Wildman–Crippen LogP) is -0.622. The molecular formula is C14H19N5O3. The summed E-state index contributed by atoms with van der Waals surface area (Å²) in [5.74, 6) is 0.286. The lowest BCUT2D eigenvalue weighted by Gasteiger charge is -2.19. The molecule has 1 amide bonds. The highest BCUT2D eigenvalue weighted by molar-refractivity contribution is 5.76. The molecule has 22 heavy (non-hydrogen) atoms. The highest BCUT2D eigenvalue weighted by atomic mass is 16.2. The highest BCUT2D eigenvalue weighted by Gasteiger charge is 2.27. The fourth-order valence-electron chi connectivity index (χ4n) is 2.64. The zero-order valence-corrected chi connectivity index (χ0v) is 12.9. The zero-order chi connectivity index (χ0) is 16.4. The first-order valence-corrected chi connectivity index (χ1v) is 7.15. The molecule has 1 unspecified atom stereocenters. The molecule has 1 saturated heterocycles. The smallest absolute Gasteiger partial charge is 0.332 e. The molecule has 0 spiro atoms. The summed E-state index contributed by atoms with van der Waals surface area (Å²) in [5, 5.41) is 12.3. The van der Waals surface area contributed by atoms with Gasteiger partial charge in [-0.25, -0.2) is 4.79 Å². The molecule has 0 radical (unpaired) electrons. The highest BCUT2D eigenvalue weighted by Crippen LogP contribution is 2.16. The van der Waals surface area contributed by atoms with Gasteiger partial charge in [0.05, 0.1) is 0 Å². The van der Waals surface area contributed by atoms with Gasteiger partial charge in [0, 0.05) is 39.6 Å². The van der Waals surface area contributed by atoms with Crippen molar-refractivity contribution in [3.8, 4) is 6.07 Å². The Morgan fingerprint density at radius 3 is 2.64 bits per heavy atom. The van der Waals surface area contributed by atoms with E-state index < -0.39 is 11.2 Å². The number of amides is 1. The summed E-state index contributed by atoms with van der Waals surface area (Å²) in [6, 6.07) is 1.77. The Morgan fingerprint density at radius 2 is 2.05 bits per heavy atom. The van der Waals surface area contributed by atoms with Gasteiger partial charge >= 0.3 is 5.69 Å². The normalized spacial score (nSPS) is 17.4. The van der Waals surface area contributed by atoms with Gasteiger partial charge in [-0.1, -0.05) is 6.92 Å². The molecule has 0 aliphatic carbocycles. The summed E-state index contributed by atoms with van der Waals surface area (Å²) in [6.07, 6.45) is 1.15.